The molecule has 0 radical (unpaired) electrons. The molecule has 0 aliphatic rings. The molecule has 0 aromatic heterocycles. The molecule has 0 bridgehead atoms. The zero-order chi connectivity index (χ0) is 22.3. The molecule has 0 fully saturated rings. The molecule has 0 unspecified atom stereocenters. The van der Waals surface area contributed by atoms with E-state index >= 15 is 0 Å². The second-order valence-electron chi connectivity index (χ2n) is 8.45. The molecule has 0 aromatic carbocycles. The standard InChI is InChI=1S/C20H40N2O7/c1-19(2,3)28-17(23)22(18(24)29-20(4,5)6)10-8-12-26-14-16-27-15-13-25-11-7-9-21/h7-16,21H2,1-6H3. The van der Waals surface area contributed by atoms with Gasteiger partial charge in [-0.1, -0.05) is 0 Å². The molecule has 2 N–H and O–H groups in total. The van der Waals surface area contributed by atoms with Crippen molar-refractivity contribution in [1.82, 2.24) is 4.90 Å². The highest BCUT2D eigenvalue weighted by atomic mass is 16.6. The highest BCUT2D eigenvalue weighted by molar-refractivity contribution is 5.88. The van der Waals surface area contributed by atoms with E-state index in [1.165, 1.54) is 0 Å². The van der Waals surface area contributed by atoms with Gasteiger partial charge in [0.25, 0.3) is 0 Å². The zero-order valence-corrected chi connectivity index (χ0v) is 19.0. The first-order valence-corrected chi connectivity index (χ1v) is 10.1. The molecule has 29 heavy (non-hydrogen) atoms. The average Bonchev–Trinajstić information content (AvgIpc) is 2.55. The first-order valence-electron chi connectivity index (χ1n) is 10.1. The van der Waals surface area contributed by atoms with Crippen LogP contribution >= 0.6 is 0 Å². The van der Waals surface area contributed by atoms with Crippen LogP contribution in [0.15, 0.2) is 0 Å². The van der Waals surface area contributed by atoms with Gasteiger partial charge >= 0.3 is 12.2 Å². The van der Waals surface area contributed by atoms with Crippen LogP contribution in [-0.2, 0) is 23.7 Å². The molecule has 172 valence electrons. The number of hydrogen-bond donors (Lipinski definition) is 1. The smallest absolute Gasteiger partial charge is 0.419 e. The van der Waals surface area contributed by atoms with E-state index in [1.807, 2.05) is 0 Å². The minimum atomic E-state index is -0.732. The molecule has 0 rings (SSSR count). The summed E-state index contributed by atoms with van der Waals surface area (Å²) in [6.07, 6.45) is -0.164. The van der Waals surface area contributed by atoms with E-state index in [1.54, 1.807) is 41.5 Å². The predicted octanol–water partition coefficient (Wildman–Crippen LogP) is 2.95. The van der Waals surface area contributed by atoms with Gasteiger partial charge in [-0.2, -0.15) is 0 Å². The molecule has 0 aliphatic carbocycles. The fraction of sp³-hybridized carbons (Fsp3) is 0.900. The molecule has 0 aromatic rings. The van der Waals surface area contributed by atoms with E-state index in [0.717, 1.165) is 11.3 Å². The molecule has 0 heterocycles. The van der Waals surface area contributed by atoms with Gasteiger partial charge in [0, 0.05) is 19.8 Å². The first-order chi connectivity index (χ1) is 13.5. The average molecular weight is 421 g/mol. The fourth-order valence-corrected chi connectivity index (χ4v) is 1.94. The Labute approximate surface area is 175 Å². The highest BCUT2D eigenvalue weighted by Crippen LogP contribution is 2.14. The van der Waals surface area contributed by atoms with Crippen LogP contribution in [0, 0.1) is 0 Å². The van der Waals surface area contributed by atoms with Crippen molar-refractivity contribution < 1.29 is 33.3 Å². The van der Waals surface area contributed by atoms with E-state index in [2.05, 4.69) is 0 Å². The molecule has 2 amide bonds. The summed E-state index contributed by atoms with van der Waals surface area (Å²) in [5, 5.41) is 0. The first kappa shape index (κ1) is 27.6. The number of amides is 2. The number of hydrogen-bond acceptors (Lipinski definition) is 8. The van der Waals surface area contributed by atoms with Crippen molar-refractivity contribution in [2.24, 2.45) is 5.73 Å². The highest BCUT2D eigenvalue weighted by Gasteiger charge is 2.30. The van der Waals surface area contributed by atoms with Gasteiger partial charge in [0.05, 0.1) is 26.4 Å². The Morgan fingerprint density at radius 3 is 1.45 bits per heavy atom. The molecule has 9 heteroatoms. The van der Waals surface area contributed by atoms with Crippen molar-refractivity contribution in [3.63, 3.8) is 0 Å². The SMILES string of the molecule is CC(C)(C)OC(=O)N(CCCOCCOCCOCCCN)C(=O)OC(C)(C)C. The van der Waals surface area contributed by atoms with Gasteiger partial charge in [0.2, 0.25) is 0 Å². The van der Waals surface area contributed by atoms with E-state index in [-0.39, 0.29) is 6.54 Å². The van der Waals surface area contributed by atoms with Crippen LogP contribution < -0.4 is 5.73 Å². The third kappa shape index (κ3) is 17.2. The van der Waals surface area contributed by atoms with Crippen molar-refractivity contribution in [3.8, 4) is 0 Å². The van der Waals surface area contributed by atoms with Gasteiger partial charge in [-0.05, 0) is 60.9 Å². The third-order valence-corrected chi connectivity index (χ3v) is 3.13. The van der Waals surface area contributed by atoms with Gasteiger partial charge in [-0.3, -0.25) is 0 Å². The lowest BCUT2D eigenvalue weighted by Gasteiger charge is -2.28. The van der Waals surface area contributed by atoms with Crippen LogP contribution in [0.3, 0.4) is 0 Å². The summed E-state index contributed by atoms with van der Waals surface area (Å²) in [4.78, 5) is 25.7. The van der Waals surface area contributed by atoms with Crippen molar-refractivity contribution in [3.05, 3.63) is 0 Å². The minimum Gasteiger partial charge on any atom is -0.443 e. The molecule has 0 saturated heterocycles. The summed E-state index contributed by atoms with van der Waals surface area (Å²) in [6, 6.07) is 0. The molecular formula is C20H40N2O7. The van der Waals surface area contributed by atoms with Gasteiger partial charge in [-0.15, -0.1) is 0 Å². The molecule has 0 atom stereocenters. The van der Waals surface area contributed by atoms with Crippen LogP contribution in [0.4, 0.5) is 9.59 Å². The Kier molecular flexibility index (Phi) is 13.8. The lowest BCUT2D eigenvalue weighted by Crippen LogP contribution is -2.44. The lowest BCUT2D eigenvalue weighted by molar-refractivity contribution is -0.00302. The predicted molar refractivity (Wildman–Crippen MR) is 110 cm³/mol. The number of ether oxygens (including phenoxy) is 5. The normalized spacial score (nSPS) is 12.0. The monoisotopic (exact) mass is 420 g/mol. The maximum absolute atomic E-state index is 12.3. The number of imide groups is 1. The van der Waals surface area contributed by atoms with E-state index in [0.29, 0.717) is 52.6 Å². The van der Waals surface area contributed by atoms with E-state index < -0.39 is 23.4 Å². The summed E-state index contributed by atoms with van der Waals surface area (Å²) in [7, 11) is 0. The number of nitrogens with two attached hydrogens (primary N) is 1. The second kappa shape index (κ2) is 14.5. The number of rotatable bonds is 13. The van der Waals surface area contributed by atoms with Crippen LogP contribution in [0.2, 0.25) is 0 Å². The number of carbonyl (C=O) groups is 2. The Balaban J connectivity index is 4.14. The van der Waals surface area contributed by atoms with Crippen molar-refractivity contribution >= 4 is 12.2 Å². The quantitative estimate of drug-likeness (QED) is 0.453. The number of nitrogens with zero attached hydrogens (tertiary/aromatic N) is 1. The summed E-state index contributed by atoms with van der Waals surface area (Å²) < 4.78 is 26.8. The van der Waals surface area contributed by atoms with Crippen LogP contribution in [0.25, 0.3) is 0 Å². The van der Waals surface area contributed by atoms with Crippen LogP contribution in [0.5, 0.6) is 0 Å². The van der Waals surface area contributed by atoms with Gasteiger partial charge in [-0.25, -0.2) is 14.5 Å². The zero-order valence-electron chi connectivity index (χ0n) is 19.0. The van der Waals surface area contributed by atoms with Crippen molar-refractivity contribution in [1.29, 1.82) is 0 Å². The summed E-state index contributed by atoms with van der Waals surface area (Å²) in [6.45, 7) is 14.1. The van der Waals surface area contributed by atoms with Gasteiger partial charge in [0.15, 0.2) is 0 Å². The summed E-state index contributed by atoms with van der Waals surface area (Å²) in [5.41, 5.74) is 3.95. The maximum Gasteiger partial charge on any atom is 0.419 e. The van der Waals surface area contributed by atoms with E-state index in [9.17, 15) is 9.59 Å². The maximum atomic E-state index is 12.3. The molecule has 0 saturated carbocycles. The second-order valence-corrected chi connectivity index (χ2v) is 8.45. The Morgan fingerprint density at radius 2 is 1.07 bits per heavy atom. The third-order valence-electron chi connectivity index (χ3n) is 3.13. The largest absolute Gasteiger partial charge is 0.443 e. The summed E-state index contributed by atoms with van der Waals surface area (Å²) >= 11 is 0. The summed E-state index contributed by atoms with van der Waals surface area (Å²) in [5.74, 6) is 0. The van der Waals surface area contributed by atoms with Crippen LogP contribution in [0.1, 0.15) is 54.4 Å². The Bertz CT molecular complexity index is 431. The van der Waals surface area contributed by atoms with Gasteiger partial charge < -0.3 is 29.4 Å². The molecule has 0 aliphatic heterocycles. The van der Waals surface area contributed by atoms with Crippen LogP contribution in [-0.4, -0.2) is 81.0 Å². The minimum absolute atomic E-state index is 0.139. The fourth-order valence-electron chi connectivity index (χ4n) is 1.94. The van der Waals surface area contributed by atoms with E-state index in [4.69, 9.17) is 29.4 Å². The Morgan fingerprint density at radius 1 is 0.690 bits per heavy atom. The molecule has 0 spiro atoms. The van der Waals surface area contributed by atoms with Crippen molar-refractivity contribution in [2.75, 3.05) is 52.7 Å². The Hall–Kier alpha value is -1.42. The molecular weight excluding hydrogens is 380 g/mol. The topological polar surface area (TPSA) is 110 Å². The van der Waals surface area contributed by atoms with Gasteiger partial charge in [0.1, 0.15) is 11.2 Å². The molecule has 9 nitrogen and oxygen atoms in total. The van der Waals surface area contributed by atoms with Crippen molar-refractivity contribution in [2.45, 2.75) is 65.6 Å². The lowest BCUT2D eigenvalue weighted by atomic mass is 10.2. The number of carbonyl (C=O) groups excluding carboxylic acids is 2.